The standard InChI is InChI=1S/C10H9IO2/c1-7(12)5-10(13)8-3-2-4-9(11)6-8/h2-4,6H,5H2,1H3. The lowest BCUT2D eigenvalue weighted by Crippen LogP contribution is -2.04. The van der Waals surface area contributed by atoms with Gasteiger partial charge in [0.1, 0.15) is 5.78 Å². The molecule has 0 radical (unpaired) electrons. The monoisotopic (exact) mass is 288 g/mol. The minimum Gasteiger partial charge on any atom is -0.300 e. The molecule has 3 heteroatoms. The van der Waals surface area contributed by atoms with E-state index in [-0.39, 0.29) is 18.0 Å². The van der Waals surface area contributed by atoms with Crippen LogP contribution in [-0.4, -0.2) is 11.6 Å². The van der Waals surface area contributed by atoms with Gasteiger partial charge in [-0.1, -0.05) is 12.1 Å². The fourth-order valence-corrected chi connectivity index (χ4v) is 1.53. The van der Waals surface area contributed by atoms with Crippen LogP contribution in [0.5, 0.6) is 0 Å². The molecule has 1 aromatic carbocycles. The first kappa shape index (κ1) is 10.4. The van der Waals surface area contributed by atoms with Crippen molar-refractivity contribution in [3.8, 4) is 0 Å². The number of Topliss-reactive ketones (excluding diaryl/α,β-unsaturated/α-hetero) is 2. The van der Waals surface area contributed by atoms with Crippen molar-refractivity contribution in [1.29, 1.82) is 0 Å². The highest BCUT2D eigenvalue weighted by Gasteiger charge is 2.07. The van der Waals surface area contributed by atoms with Crippen molar-refractivity contribution in [1.82, 2.24) is 0 Å². The van der Waals surface area contributed by atoms with Crippen LogP contribution in [0.25, 0.3) is 0 Å². The normalized spacial score (nSPS) is 9.69. The van der Waals surface area contributed by atoms with Gasteiger partial charge >= 0.3 is 0 Å². The molecule has 0 aromatic heterocycles. The Kier molecular flexibility index (Phi) is 3.59. The number of carbonyl (C=O) groups is 2. The van der Waals surface area contributed by atoms with Gasteiger partial charge in [-0.3, -0.25) is 9.59 Å². The second-order valence-electron chi connectivity index (χ2n) is 2.81. The van der Waals surface area contributed by atoms with Gasteiger partial charge in [-0.25, -0.2) is 0 Å². The molecular weight excluding hydrogens is 279 g/mol. The minimum absolute atomic E-state index is 0.0000926. The first-order chi connectivity index (χ1) is 6.09. The van der Waals surface area contributed by atoms with Crippen molar-refractivity contribution in [2.24, 2.45) is 0 Å². The average Bonchev–Trinajstić information content (AvgIpc) is 2.03. The summed E-state index contributed by atoms with van der Waals surface area (Å²) in [4.78, 5) is 22.1. The lowest BCUT2D eigenvalue weighted by atomic mass is 10.1. The highest BCUT2D eigenvalue weighted by molar-refractivity contribution is 14.1. The molecule has 0 saturated heterocycles. The third-order valence-corrected chi connectivity index (χ3v) is 2.23. The predicted molar refractivity (Wildman–Crippen MR) is 58.8 cm³/mol. The second-order valence-corrected chi connectivity index (χ2v) is 4.06. The van der Waals surface area contributed by atoms with Gasteiger partial charge in [0.05, 0.1) is 6.42 Å². The molecule has 0 atom stereocenters. The number of carbonyl (C=O) groups excluding carboxylic acids is 2. The van der Waals surface area contributed by atoms with Gasteiger partial charge < -0.3 is 0 Å². The van der Waals surface area contributed by atoms with Gasteiger partial charge in [0.15, 0.2) is 5.78 Å². The second kappa shape index (κ2) is 4.50. The van der Waals surface area contributed by atoms with Crippen molar-refractivity contribution >= 4 is 34.2 Å². The summed E-state index contributed by atoms with van der Waals surface area (Å²) >= 11 is 2.14. The van der Waals surface area contributed by atoms with Crippen LogP contribution >= 0.6 is 22.6 Å². The largest absolute Gasteiger partial charge is 0.300 e. The summed E-state index contributed by atoms with van der Waals surface area (Å²) in [5.41, 5.74) is 0.613. The zero-order valence-corrected chi connectivity index (χ0v) is 9.37. The fraction of sp³-hybridized carbons (Fsp3) is 0.200. The highest BCUT2D eigenvalue weighted by Crippen LogP contribution is 2.09. The van der Waals surface area contributed by atoms with Crippen molar-refractivity contribution in [2.45, 2.75) is 13.3 Å². The van der Waals surface area contributed by atoms with Gasteiger partial charge in [-0.15, -0.1) is 0 Å². The van der Waals surface area contributed by atoms with Crippen molar-refractivity contribution in [2.75, 3.05) is 0 Å². The molecule has 0 aliphatic heterocycles. The van der Waals surface area contributed by atoms with E-state index in [1.165, 1.54) is 6.92 Å². The minimum atomic E-state index is -0.106. The van der Waals surface area contributed by atoms with Gasteiger partial charge in [-0.2, -0.15) is 0 Å². The Morgan fingerprint density at radius 2 is 2.08 bits per heavy atom. The molecule has 0 spiro atoms. The van der Waals surface area contributed by atoms with Crippen molar-refractivity contribution in [3.05, 3.63) is 33.4 Å². The van der Waals surface area contributed by atoms with Gasteiger partial charge in [0, 0.05) is 9.13 Å². The molecule has 2 nitrogen and oxygen atoms in total. The Bertz CT molecular complexity index is 345. The van der Waals surface area contributed by atoms with E-state index >= 15 is 0 Å². The smallest absolute Gasteiger partial charge is 0.170 e. The zero-order chi connectivity index (χ0) is 9.84. The molecule has 0 saturated carbocycles. The fourth-order valence-electron chi connectivity index (χ4n) is 0.990. The molecule has 0 fully saturated rings. The molecule has 1 rings (SSSR count). The van der Waals surface area contributed by atoms with Crippen LogP contribution in [0.4, 0.5) is 0 Å². The molecular formula is C10H9IO2. The number of rotatable bonds is 3. The molecule has 0 N–H and O–H groups in total. The van der Waals surface area contributed by atoms with E-state index in [0.29, 0.717) is 5.56 Å². The van der Waals surface area contributed by atoms with E-state index in [0.717, 1.165) is 3.57 Å². The predicted octanol–water partition coefficient (Wildman–Crippen LogP) is 2.45. The van der Waals surface area contributed by atoms with Crippen molar-refractivity contribution < 1.29 is 9.59 Å². The van der Waals surface area contributed by atoms with Crippen LogP contribution in [0.15, 0.2) is 24.3 Å². The summed E-state index contributed by atoms with van der Waals surface area (Å²) in [7, 11) is 0. The third-order valence-electron chi connectivity index (χ3n) is 1.56. The summed E-state index contributed by atoms with van der Waals surface area (Å²) in [5.74, 6) is -0.199. The van der Waals surface area contributed by atoms with E-state index < -0.39 is 0 Å². The molecule has 68 valence electrons. The number of hydrogen-bond donors (Lipinski definition) is 0. The van der Waals surface area contributed by atoms with Crippen LogP contribution < -0.4 is 0 Å². The quantitative estimate of drug-likeness (QED) is 0.486. The maximum Gasteiger partial charge on any atom is 0.170 e. The summed E-state index contributed by atoms with van der Waals surface area (Å²) in [6.07, 6.45) is 0.0000926. The molecule has 0 amide bonds. The molecule has 0 unspecified atom stereocenters. The SMILES string of the molecule is CC(=O)CC(=O)c1cccc(I)c1. The van der Waals surface area contributed by atoms with Gasteiger partial charge in [-0.05, 0) is 41.6 Å². The average molecular weight is 288 g/mol. The molecule has 0 aliphatic carbocycles. The molecule has 1 aromatic rings. The Morgan fingerprint density at radius 1 is 1.38 bits per heavy atom. The van der Waals surface area contributed by atoms with E-state index in [4.69, 9.17) is 0 Å². The van der Waals surface area contributed by atoms with Crippen LogP contribution in [0.2, 0.25) is 0 Å². The first-order valence-corrected chi connectivity index (χ1v) is 4.95. The maximum absolute atomic E-state index is 11.4. The Morgan fingerprint density at radius 3 is 2.62 bits per heavy atom. The van der Waals surface area contributed by atoms with Crippen LogP contribution in [0, 0.1) is 3.57 Å². The van der Waals surface area contributed by atoms with E-state index in [2.05, 4.69) is 22.6 Å². The number of ketones is 2. The first-order valence-electron chi connectivity index (χ1n) is 3.88. The van der Waals surface area contributed by atoms with E-state index in [9.17, 15) is 9.59 Å². The Hall–Kier alpha value is -0.710. The maximum atomic E-state index is 11.4. The lowest BCUT2D eigenvalue weighted by Gasteiger charge is -1.98. The topological polar surface area (TPSA) is 34.1 Å². The molecule has 0 bridgehead atoms. The Labute approximate surface area is 90.5 Å². The molecule has 0 aliphatic rings. The molecule has 0 heterocycles. The van der Waals surface area contributed by atoms with E-state index in [1.54, 1.807) is 12.1 Å². The number of benzene rings is 1. The third kappa shape index (κ3) is 3.26. The zero-order valence-electron chi connectivity index (χ0n) is 7.21. The number of halogens is 1. The Balaban J connectivity index is 2.83. The highest BCUT2D eigenvalue weighted by atomic mass is 127. The summed E-state index contributed by atoms with van der Waals surface area (Å²) < 4.78 is 1.01. The lowest BCUT2D eigenvalue weighted by molar-refractivity contribution is -0.116. The van der Waals surface area contributed by atoms with Gasteiger partial charge in [0.2, 0.25) is 0 Å². The summed E-state index contributed by atoms with van der Waals surface area (Å²) in [6.45, 7) is 1.42. The van der Waals surface area contributed by atoms with Gasteiger partial charge in [0.25, 0.3) is 0 Å². The summed E-state index contributed by atoms with van der Waals surface area (Å²) in [6, 6.07) is 7.24. The van der Waals surface area contributed by atoms with Crippen LogP contribution in [0.1, 0.15) is 23.7 Å². The van der Waals surface area contributed by atoms with E-state index in [1.807, 2.05) is 12.1 Å². The van der Waals surface area contributed by atoms with Crippen LogP contribution in [-0.2, 0) is 4.79 Å². The molecule has 13 heavy (non-hydrogen) atoms. The summed E-state index contributed by atoms with van der Waals surface area (Å²) in [5, 5.41) is 0. The number of hydrogen-bond acceptors (Lipinski definition) is 2. The van der Waals surface area contributed by atoms with Crippen molar-refractivity contribution in [3.63, 3.8) is 0 Å². The van der Waals surface area contributed by atoms with Crippen LogP contribution in [0.3, 0.4) is 0 Å².